The van der Waals surface area contributed by atoms with Crippen LogP contribution in [0.15, 0.2) is 48.7 Å². The Hall–Kier alpha value is -1.15. The van der Waals surface area contributed by atoms with Crippen LogP contribution in [0.5, 0.6) is 0 Å². The maximum absolute atomic E-state index is 6.28. The summed E-state index contributed by atoms with van der Waals surface area (Å²) in [6.07, 6.45) is 8.12. The predicted molar refractivity (Wildman–Crippen MR) is 88.2 cm³/mol. The topological polar surface area (TPSA) is 12.9 Å². The minimum Gasteiger partial charge on any atom is -0.256 e. The summed E-state index contributed by atoms with van der Waals surface area (Å²) in [5.41, 5.74) is 2.91. The van der Waals surface area contributed by atoms with Crippen LogP contribution >= 0.6 is 10.0 Å². The summed E-state index contributed by atoms with van der Waals surface area (Å²) >= 11 is 0. The lowest BCUT2D eigenvalue weighted by atomic mass is 9.65. The SMILES string of the molecule is [B]C([B])(c1ccc(-c2ccccc2)nc1)S(C)(C)C. The quantitative estimate of drug-likeness (QED) is 0.777. The lowest BCUT2D eigenvalue weighted by Crippen LogP contribution is -2.32. The number of aromatic nitrogens is 1. The van der Waals surface area contributed by atoms with Gasteiger partial charge in [-0.25, -0.2) is 0 Å². The Kier molecular flexibility index (Phi) is 3.82. The largest absolute Gasteiger partial charge is 0.256 e. The third-order valence-corrected chi connectivity index (χ3v) is 5.56. The standard InChI is InChI=1S/C15H17B2NS/c1-19(2,3)15(16,17)13-9-10-14(18-11-13)12-7-5-4-6-8-12/h4-11H,1-3H3. The second-order valence-corrected chi connectivity index (χ2v) is 9.78. The summed E-state index contributed by atoms with van der Waals surface area (Å²) < 4.78 is -0.810. The molecule has 2 aromatic rings. The molecule has 94 valence electrons. The van der Waals surface area contributed by atoms with Gasteiger partial charge in [-0.3, -0.25) is 15.0 Å². The monoisotopic (exact) mass is 265 g/mol. The number of nitrogens with zero attached hydrogens (tertiary/aromatic N) is 1. The van der Waals surface area contributed by atoms with Gasteiger partial charge in [0, 0.05) is 11.8 Å². The zero-order chi connectivity index (χ0) is 14.1. The van der Waals surface area contributed by atoms with Crippen LogP contribution in [0.25, 0.3) is 11.3 Å². The number of hydrogen-bond donors (Lipinski definition) is 0. The molecule has 0 aliphatic carbocycles. The molecule has 1 aromatic heterocycles. The van der Waals surface area contributed by atoms with E-state index < -0.39 is 14.6 Å². The van der Waals surface area contributed by atoms with Crippen LogP contribution in [-0.4, -0.2) is 39.4 Å². The van der Waals surface area contributed by atoms with Crippen LogP contribution in [-0.2, 0) is 4.55 Å². The Balaban J connectivity index is 2.35. The molecule has 0 fully saturated rings. The number of hydrogen-bond acceptors (Lipinski definition) is 1. The van der Waals surface area contributed by atoms with Crippen LogP contribution in [0.1, 0.15) is 5.56 Å². The summed E-state index contributed by atoms with van der Waals surface area (Å²) in [6, 6.07) is 14.0. The number of benzene rings is 1. The third-order valence-electron chi connectivity index (χ3n) is 3.30. The average molecular weight is 265 g/mol. The minimum absolute atomic E-state index is 0.810. The summed E-state index contributed by atoms with van der Waals surface area (Å²) in [4.78, 5) is 4.48. The van der Waals surface area contributed by atoms with Crippen molar-refractivity contribution in [3.05, 3.63) is 54.2 Å². The Bertz CT molecular complexity index is 545. The van der Waals surface area contributed by atoms with E-state index in [1.165, 1.54) is 0 Å². The summed E-state index contributed by atoms with van der Waals surface area (Å²) in [7, 11) is 11.4. The fraction of sp³-hybridized carbons (Fsp3) is 0.267. The van der Waals surface area contributed by atoms with E-state index in [1.54, 1.807) is 6.20 Å². The van der Waals surface area contributed by atoms with E-state index in [1.807, 2.05) is 42.5 Å². The summed E-state index contributed by atoms with van der Waals surface area (Å²) in [5.74, 6) is 0. The second kappa shape index (κ2) is 5.09. The third kappa shape index (κ3) is 2.89. The van der Waals surface area contributed by atoms with E-state index in [0.717, 1.165) is 16.8 Å². The molecule has 19 heavy (non-hydrogen) atoms. The molecule has 2 rings (SSSR count). The molecule has 0 N–H and O–H groups in total. The maximum Gasteiger partial charge on any atom is 0.0805 e. The van der Waals surface area contributed by atoms with Crippen molar-refractivity contribution in [1.29, 1.82) is 0 Å². The van der Waals surface area contributed by atoms with Crippen molar-refractivity contribution < 1.29 is 0 Å². The highest BCUT2D eigenvalue weighted by molar-refractivity contribution is 8.34. The van der Waals surface area contributed by atoms with Gasteiger partial charge in [-0.1, -0.05) is 36.4 Å². The lowest BCUT2D eigenvalue weighted by Gasteiger charge is -2.45. The summed E-state index contributed by atoms with van der Waals surface area (Å²) in [5, 5.41) is 0. The van der Waals surface area contributed by atoms with Gasteiger partial charge in [0.2, 0.25) is 0 Å². The molecule has 4 heteroatoms. The maximum atomic E-state index is 6.28. The molecular formula is C15H17B2NS. The Morgan fingerprint density at radius 1 is 0.947 bits per heavy atom. The molecule has 0 spiro atoms. The van der Waals surface area contributed by atoms with Gasteiger partial charge in [0.05, 0.1) is 21.4 Å². The first-order valence-corrected chi connectivity index (χ1v) is 8.96. The lowest BCUT2D eigenvalue weighted by molar-refractivity contribution is 1.17. The zero-order valence-electron chi connectivity index (χ0n) is 11.6. The van der Waals surface area contributed by atoms with Crippen LogP contribution in [0.4, 0.5) is 0 Å². The Morgan fingerprint density at radius 2 is 1.58 bits per heavy atom. The van der Waals surface area contributed by atoms with E-state index in [2.05, 4.69) is 23.8 Å². The van der Waals surface area contributed by atoms with Gasteiger partial charge in [-0.2, -0.15) is 0 Å². The van der Waals surface area contributed by atoms with Gasteiger partial charge in [-0.15, -0.1) is 0 Å². The highest BCUT2D eigenvalue weighted by atomic mass is 32.3. The molecule has 1 aromatic carbocycles. The average Bonchev–Trinajstić information content (AvgIpc) is 2.39. The normalized spacial score (nSPS) is 13.2. The highest BCUT2D eigenvalue weighted by Gasteiger charge is 2.29. The van der Waals surface area contributed by atoms with Crippen molar-refractivity contribution in [3.8, 4) is 11.3 Å². The molecule has 1 nitrogen and oxygen atoms in total. The first-order chi connectivity index (χ1) is 8.82. The molecule has 1 heterocycles. The predicted octanol–water partition coefficient (Wildman–Crippen LogP) is 2.89. The smallest absolute Gasteiger partial charge is 0.0805 e. The second-order valence-electron chi connectivity index (χ2n) is 5.43. The first kappa shape index (κ1) is 14.3. The fourth-order valence-electron chi connectivity index (χ4n) is 1.76. The van der Waals surface area contributed by atoms with Crippen LogP contribution in [0.2, 0.25) is 0 Å². The molecule has 0 aliphatic heterocycles. The molecular weight excluding hydrogens is 248 g/mol. The van der Waals surface area contributed by atoms with E-state index in [0.29, 0.717) is 0 Å². The van der Waals surface area contributed by atoms with E-state index in [-0.39, 0.29) is 0 Å². The fourth-order valence-corrected chi connectivity index (χ4v) is 2.59. The number of rotatable bonds is 3. The molecule has 0 amide bonds. The zero-order valence-corrected chi connectivity index (χ0v) is 12.4. The van der Waals surface area contributed by atoms with Crippen LogP contribution < -0.4 is 0 Å². The van der Waals surface area contributed by atoms with Gasteiger partial charge in [-0.05, 0) is 34.9 Å². The first-order valence-electron chi connectivity index (χ1n) is 6.10. The molecule has 4 radical (unpaired) electrons. The molecule has 0 saturated heterocycles. The number of pyridine rings is 1. The van der Waals surface area contributed by atoms with E-state index >= 15 is 0 Å². The Labute approximate surface area is 120 Å². The molecule has 0 unspecified atom stereocenters. The highest BCUT2D eigenvalue weighted by Crippen LogP contribution is 2.51. The van der Waals surface area contributed by atoms with Gasteiger partial charge in [0.1, 0.15) is 0 Å². The van der Waals surface area contributed by atoms with Crippen LogP contribution in [0.3, 0.4) is 0 Å². The van der Waals surface area contributed by atoms with Gasteiger partial charge < -0.3 is 0 Å². The van der Waals surface area contributed by atoms with Crippen molar-refractivity contribution in [2.24, 2.45) is 0 Å². The van der Waals surface area contributed by atoms with E-state index in [9.17, 15) is 0 Å². The van der Waals surface area contributed by atoms with Gasteiger partial charge >= 0.3 is 0 Å². The Morgan fingerprint density at radius 3 is 2.05 bits per heavy atom. The van der Waals surface area contributed by atoms with Gasteiger partial charge in [0.25, 0.3) is 0 Å². The van der Waals surface area contributed by atoms with Crippen molar-refractivity contribution in [2.75, 3.05) is 18.8 Å². The molecule has 0 atom stereocenters. The van der Waals surface area contributed by atoms with Crippen molar-refractivity contribution in [1.82, 2.24) is 4.98 Å². The van der Waals surface area contributed by atoms with Crippen molar-refractivity contribution in [3.63, 3.8) is 0 Å². The molecule has 0 aliphatic rings. The molecule has 0 bridgehead atoms. The van der Waals surface area contributed by atoms with Crippen molar-refractivity contribution in [2.45, 2.75) is 4.55 Å². The van der Waals surface area contributed by atoms with Gasteiger partial charge in [0.15, 0.2) is 0 Å². The molecule has 0 saturated carbocycles. The van der Waals surface area contributed by atoms with E-state index in [4.69, 9.17) is 15.7 Å². The minimum atomic E-state index is -1.12. The van der Waals surface area contributed by atoms with Crippen LogP contribution in [0, 0.1) is 0 Å². The van der Waals surface area contributed by atoms with Crippen molar-refractivity contribution >= 4 is 25.7 Å². The summed E-state index contributed by atoms with van der Waals surface area (Å²) in [6.45, 7) is 0.